The van der Waals surface area contributed by atoms with E-state index in [1.807, 2.05) is 11.3 Å². The Kier molecular flexibility index (Phi) is 3.64. The van der Waals surface area contributed by atoms with Crippen LogP contribution in [0.25, 0.3) is 0 Å². The number of esters is 1. The number of thiophene rings is 1. The Morgan fingerprint density at radius 2 is 2.25 bits per heavy atom. The fraction of sp³-hybridized carbons (Fsp3) is 0.615. The number of rotatable bonds is 5. The lowest BCUT2D eigenvalue weighted by molar-refractivity contribution is -0.142. The van der Waals surface area contributed by atoms with Gasteiger partial charge in [0.25, 0.3) is 0 Å². The second-order valence-electron chi connectivity index (χ2n) is 4.39. The summed E-state index contributed by atoms with van der Waals surface area (Å²) in [5.41, 5.74) is 0. The van der Waals surface area contributed by atoms with E-state index in [0.29, 0.717) is 5.92 Å². The molecule has 1 aliphatic rings. The normalized spacial score (nSPS) is 23.1. The predicted molar refractivity (Wildman–Crippen MR) is 65.6 cm³/mol. The maximum atomic E-state index is 11.2. The monoisotopic (exact) mass is 238 g/mol. The minimum atomic E-state index is -0.0228. The van der Waals surface area contributed by atoms with Crippen molar-refractivity contribution in [2.24, 2.45) is 11.8 Å². The molecule has 16 heavy (non-hydrogen) atoms. The van der Waals surface area contributed by atoms with Gasteiger partial charge in [0.05, 0.1) is 13.0 Å². The van der Waals surface area contributed by atoms with Crippen LogP contribution in [0.4, 0.5) is 0 Å². The third-order valence-electron chi connectivity index (χ3n) is 3.25. The van der Waals surface area contributed by atoms with E-state index in [9.17, 15) is 4.79 Å². The second-order valence-corrected chi connectivity index (χ2v) is 5.64. The smallest absolute Gasteiger partial charge is 0.308 e. The first-order valence-corrected chi connectivity index (χ1v) is 6.71. The predicted octanol–water partition coefficient (Wildman–Crippen LogP) is 3.05. The van der Waals surface area contributed by atoms with Crippen molar-refractivity contribution in [3.63, 3.8) is 0 Å². The highest BCUT2D eigenvalue weighted by Crippen LogP contribution is 2.43. The Morgan fingerprint density at radius 3 is 2.88 bits per heavy atom. The van der Waals surface area contributed by atoms with E-state index >= 15 is 0 Å². The average Bonchev–Trinajstić information content (AvgIpc) is 2.95. The van der Waals surface area contributed by atoms with Gasteiger partial charge in [-0.25, -0.2) is 0 Å². The van der Waals surface area contributed by atoms with Gasteiger partial charge in [0, 0.05) is 9.75 Å². The first kappa shape index (κ1) is 11.6. The van der Waals surface area contributed by atoms with Gasteiger partial charge >= 0.3 is 5.97 Å². The molecule has 1 aromatic rings. The molecule has 0 spiro atoms. The molecule has 2 nitrogen and oxygen atoms in total. The van der Waals surface area contributed by atoms with E-state index in [4.69, 9.17) is 4.74 Å². The third-order valence-corrected chi connectivity index (χ3v) is 4.54. The van der Waals surface area contributed by atoms with Gasteiger partial charge in [-0.05, 0) is 43.7 Å². The lowest BCUT2D eigenvalue weighted by Crippen LogP contribution is -2.04. The summed E-state index contributed by atoms with van der Waals surface area (Å²) in [4.78, 5) is 14.1. The summed E-state index contributed by atoms with van der Waals surface area (Å²) >= 11 is 1.90. The molecule has 0 N–H and O–H groups in total. The second kappa shape index (κ2) is 5.00. The summed E-state index contributed by atoms with van der Waals surface area (Å²) in [6, 6.07) is 4.43. The average molecular weight is 238 g/mol. The zero-order chi connectivity index (χ0) is 11.5. The Labute approximate surface area is 101 Å². The van der Waals surface area contributed by atoms with Gasteiger partial charge in [-0.3, -0.25) is 4.79 Å². The van der Waals surface area contributed by atoms with Gasteiger partial charge < -0.3 is 4.74 Å². The largest absolute Gasteiger partial charge is 0.469 e. The molecule has 0 aliphatic heterocycles. The summed E-state index contributed by atoms with van der Waals surface area (Å²) in [6.07, 6.45) is 4.39. The molecular formula is C13H18O2S. The van der Waals surface area contributed by atoms with Crippen LogP contribution in [0.2, 0.25) is 0 Å². The van der Waals surface area contributed by atoms with Crippen molar-refractivity contribution < 1.29 is 9.53 Å². The van der Waals surface area contributed by atoms with Crippen LogP contribution in [-0.4, -0.2) is 13.1 Å². The molecule has 0 saturated heterocycles. The fourth-order valence-electron chi connectivity index (χ4n) is 2.08. The van der Waals surface area contributed by atoms with Crippen molar-refractivity contribution in [2.75, 3.05) is 7.11 Å². The molecule has 1 aliphatic carbocycles. The van der Waals surface area contributed by atoms with Crippen LogP contribution in [-0.2, 0) is 22.4 Å². The SMILES string of the molecule is CCc1ccc(CCC2CC2C(=O)OC)s1. The van der Waals surface area contributed by atoms with Crippen LogP contribution >= 0.6 is 11.3 Å². The molecule has 2 rings (SSSR count). The minimum absolute atomic E-state index is 0.0228. The van der Waals surface area contributed by atoms with E-state index in [0.717, 1.165) is 25.7 Å². The highest BCUT2D eigenvalue weighted by molar-refractivity contribution is 7.11. The van der Waals surface area contributed by atoms with Gasteiger partial charge in [0.2, 0.25) is 0 Å². The molecule has 0 radical (unpaired) electrons. The van der Waals surface area contributed by atoms with Crippen LogP contribution in [0.15, 0.2) is 12.1 Å². The van der Waals surface area contributed by atoms with E-state index < -0.39 is 0 Å². The zero-order valence-corrected chi connectivity index (χ0v) is 10.7. The molecule has 0 aromatic carbocycles. The summed E-state index contributed by atoms with van der Waals surface area (Å²) in [5, 5.41) is 0. The molecule has 1 aromatic heterocycles. The molecule has 0 amide bonds. The number of aryl methyl sites for hydroxylation is 2. The van der Waals surface area contributed by atoms with Crippen molar-refractivity contribution in [1.29, 1.82) is 0 Å². The van der Waals surface area contributed by atoms with Crippen LogP contribution < -0.4 is 0 Å². The lowest BCUT2D eigenvalue weighted by Gasteiger charge is -1.98. The van der Waals surface area contributed by atoms with Crippen molar-refractivity contribution in [1.82, 2.24) is 0 Å². The molecule has 1 fully saturated rings. The van der Waals surface area contributed by atoms with Crippen LogP contribution in [0.1, 0.15) is 29.5 Å². The van der Waals surface area contributed by atoms with E-state index in [1.54, 1.807) is 0 Å². The van der Waals surface area contributed by atoms with Crippen LogP contribution in [0.3, 0.4) is 0 Å². The summed E-state index contributed by atoms with van der Waals surface area (Å²) in [7, 11) is 1.48. The zero-order valence-electron chi connectivity index (χ0n) is 9.86. The van der Waals surface area contributed by atoms with Gasteiger partial charge in [0.15, 0.2) is 0 Å². The van der Waals surface area contributed by atoms with Gasteiger partial charge in [-0.15, -0.1) is 11.3 Å². The van der Waals surface area contributed by atoms with Gasteiger partial charge in [-0.2, -0.15) is 0 Å². The number of carbonyl (C=O) groups excluding carboxylic acids is 1. The number of ether oxygens (including phenoxy) is 1. The number of hydrogen-bond acceptors (Lipinski definition) is 3. The van der Waals surface area contributed by atoms with Crippen molar-refractivity contribution in [3.8, 4) is 0 Å². The Morgan fingerprint density at radius 1 is 1.50 bits per heavy atom. The van der Waals surface area contributed by atoms with Crippen molar-refractivity contribution >= 4 is 17.3 Å². The Balaban J connectivity index is 1.75. The standard InChI is InChI=1S/C13H18O2S/c1-3-10-6-7-11(16-10)5-4-9-8-12(9)13(14)15-2/h6-7,9,12H,3-5,8H2,1-2H3. The lowest BCUT2D eigenvalue weighted by atomic mass is 10.1. The molecule has 1 saturated carbocycles. The van der Waals surface area contributed by atoms with E-state index in [1.165, 1.54) is 16.9 Å². The highest BCUT2D eigenvalue weighted by atomic mass is 32.1. The molecule has 1 heterocycles. The third kappa shape index (κ3) is 2.64. The molecule has 2 atom stereocenters. The van der Waals surface area contributed by atoms with Crippen molar-refractivity contribution in [2.45, 2.75) is 32.6 Å². The maximum absolute atomic E-state index is 11.2. The van der Waals surface area contributed by atoms with E-state index in [-0.39, 0.29) is 11.9 Å². The quantitative estimate of drug-likeness (QED) is 0.737. The number of methoxy groups -OCH3 is 1. The number of carbonyl (C=O) groups is 1. The summed E-state index contributed by atoms with van der Waals surface area (Å²) in [5.74, 6) is 0.737. The molecular weight excluding hydrogens is 220 g/mol. The first-order valence-electron chi connectivity index (χ1n) is 5.90. The molecule has 2 unspecified atom stereocenters. The highest BCUT2D eigenvalue weighted by Gasteiger charge is 2.43. The van der Waals surface area contributed by atoms with Gasteiger partial charge in [0.1, 0.15) is 0 Å². The molecule has 3 heteroatoms. The topological polar surface area (TPSA) is 26.3 Å². The van der Waals surface area contributed by atoms with Crippen LogP contribution in [0.5, 0.6) is 0 Å². The van der Waals surface area contributed by atoms with Gasteiger partial charge in [-0.1, -0.05) is 6.92 Å². The molecule has 88 valence electrons. The summed E-state index contributed by atoms with van der Waals surface area (Å²) in [6.45, 7) is 2.18. The Hall–Kier alpha value is -0.830. The fourth-order valence-corrected chi connectivity index (χ4v) is 3.05. The van der Waals surface area contributed by atoms with Crippen molar-refractivity contribution in [3.05, 3.63) is 21.9 Å². The number of hydrogen-bond donors (Lipinski definition) is 0. The summed E-state index contributed by atoms with van der Waals surface area (Å²) < 4.78 is 4.74. The minimum Gasteiger partial charge on any atom is -0.469 e. The molecule has 0 bridgehead atoms. The maximum Gasteiger partial charge on any atom is 0.308 e. The first-order chi connectivity index (χ1) is 7.74. The van der Waals surface area contributed by atoms with Crippen LogP contribution in [0, 0.1) is 11.8 Å². The van der Waals surface area contributed by atoms with E-state index in [2.05, 4.69) is 19.1 Å². The Bertz CT molecular complexity index is 370.